The van der Waals surface area contributed by atoms with Crippen molar-refractivity contribution in [2.75, 3.05) is 13.1 Å². The Bertz CT molecular complexity index is 676. The second-order valence-corrected chi connectivity index (χ2v) is 5.81. The molecule has 22 heavy (non-hydrogen) atoms. The maximum atomic E-state index is 13.2. The van der Waals surface area contributed by atoms with Crippen LogP contribution in [0.4, 0.5) is 13.2 Å². The van der Waals surface area contributed by atoms with Gasteiger partial charge < -0.3 is 5.32 Å². The molecule has 0 saturated heterocycles. The summed E-state index contributed by atoms with van der Waals surface area (Å²) < 4.78 is 39.6. The van der Waals surface area contributed by atoms with E-state index in [1.54, 1.807) is 12.1 Å². The van der Waals surface area contributed by atoms with E-state index >= 15 is 0 Å². The van der Waals surface area contributed by atoms with Crippen molar-refractivity contribution in [3.63, 3.8) is 0 Å². The Morgan fingerprint density at radius 1 is 1.09 bits per heavy atom. The predicted octanol–water partition coefficient (Wildman–Crippen LogP) is 4.62. The highest BCUT2D eigenvalue weighted by Gasteiger charge is 2.33. The topological polar surface area (TPSA) is 12.0 Å². The Labute approximate surface area is 128 Å². The number of benzene rings is 2. The predicted molar refractivity (Wildman–Crippen MR) is 81.9 cm³/mol. The molecule has 4 heteroatoms. The van der Waals surface area contributed by atoms with E-state index in [2.05, 4.69) is 12.2 Å². The van der Waals surface area contributed by atoms with Gasteiger partial charge in [0.2, 0.25) is 0 Å². The van der Waals surface area contributed by atoms with Crippen LogP contribution >= 0.6 is 0 Å². The molecule has 0 aromatic heterocycles. The first kappa shape index (κ1) is 15.1. The van der Waals surface area contributed by atoms with Gasteiger partial charge in [-0.25, -0.2) is 0 Å². The maximum absolute atomic E-state index is 13.2. The van der Waals surface area contributed by atoms with Gasteiger partial charge in [-0.3, -0.25) is 0 Å². The molecule has 0 saturated carbocycles. The van der Waals surface area contributed by atoms with E-state index in [-0.39, 0.29) is 5.56 Å². The minimum absolute atomic E-state index is 0.252. The number of rotatable bonds is 1. The second kappa shape index (κ2) is 5.76. The molecule has 1 nitrogen and oxygen atoms in total. The van der Waals surface area contributed by atoms with Crippen LogP contribution in [-0.4, -0.2) is 13.1 Å². The Balaban J connectivity index is 2.09. The molecule has 1 atom stereocenters. The lowest BCUT2D eigenvalue weighted by molar-refractivity contribution is -0.137. The Hall–Kier alpha value is -1.81. The van der Waals surface area contributed by atoms with Crippen LogP contribution in [0.1, 0.15) is 29.5 Å². The van der Waals surface area contributed by atoms with Crippen molar-refractivity contribution >= 4 is 0 Å². The number of fused-ring (bicyclic) bond motifs is 1. The average Bonchev–Trinajstić information content (AvgIpc) is 2.68. The van der Waals surface area contributed by atoms with Gasteiger partial charge in [-0.15, -0.1) is 0 Å². The lowest BCUT2D eigenvalue weighted by Crippen LogP contribution is -2.18. The van der Waals surface area contributed by atoms with E-state index in [4.69, 9.17) is 0 Å². The highest BCUT2D eigenvalue weighted by molar-refractivity contribution is 5.69. The lowest BCUT2D eigenvalue weighted by atomic mass is 9.90. The molecule has 3 rings (SSSR count). The Morgan fingerprint density at radius 2 is 1.86 bits per heavy atom. The van der Waals surface area contributed by atoms with Crippen LogP contribution in [0.5, 0.6) is 0 Å². The third-order valence-corrected chi connectivity index (χ3v) is 4.24. The molecule has 1 unspecified atom stereocenters. The molecule has 1 N–H and O–H groups in total. The first-order chi connectivity index (χ1) is 10.5. The molecular formula is C18H18F3N. The van der Waals surface area contributed by atoms with Crippen LogP contribution in [-0.2, 0) is 12.6 Å². The van der Waals surface area contributed by atoms with Crippen molar-refractivity contribution in [1.29, 1.82) is 0 Å². The number of hydrogen-bond donors (Lipinski definition) is 1. The van der Waals surface area contributed by atoms with E-state index in [1.807, 2.05) is 18.2 Å². The monoisotopic (exact) mass is 305 g/mol. The Morgan fingerprint density at radius 3 is 2.64 bits per heavy atom. The Kier molecular flexibility index (Phi) is 3.96. The molecule has 116 valence electrons. The van der Waals surface area contributed by atoms with Gasteiger partial charge in [-0.05, 0) is 47.2 Å². The number of alkyl halides is 3. The quantitative estimate of drug-likeness (QED) is 0.810. The first-order valence-electron chi connectivity index (χ1n) is 7.47. The van der Waals surface area contributed by atoms with Gasteiger partial charge in [0.15, 0.2) is 0 Å². The van der Waals surface area contributed by atoms with Gasteiger partial charge in [-0.1, -0.05) is 43.3 Å². The molecule has 0 amide bonds. The molecule has 0 radical (unpaired) electrons. The summed E-state index contributed by atoms with van der Waals surface area (Å²) in [5, 5.41) is 3.36. The van der Waals surface area contributed by atoms with Crippen molar-refractivity contribution < 1.29 is 13.2 Å². The molecule has 2 aromatic carbocycles. The fraction of sp³-hybridized carbons (Fsp3) is 0.333. The summed E-state index contributed by atoms with van der Waals surface area (Å²) in [5.74, 6) is 0.379. The van der Waals surface area contributed by atoms with Gasteiger partial charge >= 0.3 is 6.18 Å². The van der Waals surface area contributed by atoms with E-state index in [1.165, 1.54) is 11.6 Å². The van der Waals surface area contributed by atoms with Gasteiger partial charge in [0.05, 0.1) is 5.56 Å². The van der Waals surface area contributed by atoms with Crippen molar-refractivity contribution in [2.45, 2.75) is 25.4 Å². The van der Waals surface area contributed by atoms with E-state index in [9.17, 15) is 13.2 Å². The van der Waals surface area contributed by atoms with E-state index < -0.39 is 11.7 Å². The van der Waals surface area contributed by atoms with Crippen LogP contribution in [0, 0.1) is 0 Å². The summed E-state index contributed by atoms with van der Waals surface area (Å²) in [4.78, 5) is 0. The molecular weight excluding hydrogens is 287 g/mol. The van der Waals surface area contributed by atoms with Gasteiger partial charge in [0.1, 0.15) is 0 Å². The second-order valence-electron chi connectivity index (χ2n) is 5.81. The summed E-state index contributed by atoms with van der Waals surface area (Å²) in [5.41, 5.74) is 2.70. The molecule has 1 aliphatic heterocycles. The maximum Gasteiger partial charge on any atom is 0.417 e. The number of halogens is 3. The smallest absolute Gasteiger partial charge is 0.316 e. The molecule has 1 heterocycles. The fourth-order valence-electron chi connectivity index (χ4n) is 3.10. The van der Waals surface area contributed by atoms with Crippen molar-refractivity contribution in [2.24, 2.45) is 0 Å². The lowest BCUT2D eigenvalue weighted by Gasteiger charge is -2.16. The zero-order valence-corrected chi connectivity index (χ0v) is 12.4. The van der Waals surface area contributed by atoms with Gasteiger partial charge in [0.25, 0.3) is 0 Å². The van der Waals surface area contributed by atoms with Crippen LogP contribution in [0.3, 0.4) is 0 Å². The minimum atomic E-state index is -4.34. The SMILES string of the molecule is CC1CNCCc2cc(-c3ccccc3C(F)(F)F)ccc21. The van der Waals surface area contributed by atoms with Crippen LogP contribution < -0.4 is 5.32 Å². The number of hydrogen-bond acceptors (Lipinski definition) is 1. The van der Waals surface area contributed by atoms with E-state index in [0.29, 0.717) is 11.5 Å². The standard InChI is InChI=1S/C18H18F3N/c1-12-11-22-9-8-14-10-13(6-7-15(12)14)16-4-2-3-5-17(16)18(19,20)21/h2-7,10,12,22H,8-9,11H2,1H3. The van der Waals surface area contributed by atoms with Crippen molar-refractivity contribution in [3.05, 3.63) is 59.2 Å². The third kappa shape index (κ3) is 2.88. The van der Waals surface area contributed by atoms with Gasteiger partial charge in [0, 0.05) is 6.54 Å². The zero-order valence-electron chi connectivity index (χ0n) is 12.4. The zero-order chi connectivity index (χ0) is 15.7. The van der Waals surface area contributed by atoms with Gasteiger partial charge in [-0.2, -0.15) is 13.2 Å². The molecule has 0 spiro atoms. The van der Waals surface area contributed by atoms with E-state index in [0.717, 1.165) is 31.1 Å². The fourth-order valence-corrected chi connectivity index (χ4v) is 3.10. The molecule has 0 aliphatic carbocycles. The van der Waals surface area contributed by atoms with Crippen LogP contribution in [0.25, 0.3) is 11.1 Å². The highest BCUT2D eigenvalue weighted by atomic mass is 19.4. The summed E-state index contributed by atoms with van der Waals surface area (Å²) in [7, 11) is 0. The highest BCUT2D eigenvalue weighted by Crippen LogP contribution is 2.38. The first-order valence-corrected chi connectivity index (χ1v) is 7.47. The minimum Gasteiger partial charge on any atom is -0.316 e. The van der Waals surface area contributed by atoms with Crippen LogP contribution in [0.2, 0.25) is 0 Å². The summed E-state index contributed by atoms with van der Waals surface area (Å²) in [6.07, 6.45) is -3.49. The summed E-state index contributed by atoms with van der Waals surface area (Å²) >= 11 is 0. The third-order valence-electron chi connectivity index (χ3n) is 4.24. The number of nitrogens with one attached hydrogen (secondary N) is 1. The largest absolute Gasteiger partial charge is 0.417 e. The molecule has 1 aliphatic rings. The average molecular weight is 305 g/mol. The van der Waals surface area contributed by atoms with Crippen molar-refractivity contribution in [1.82, 2.24) is 5.32 Å². The molecule has 0 fully saturated rings. The van der Waals surface area contributed by atoms with Crippen molar-refractivity contribution in [3.8, 4) is 11.1 Å². The van der Waals surface area contributed by atoms with Crippen LogP contribution in [0.15, 0.2) is 42.5 Å². The summed E-state index contributed by atoms with van der Waals surface area (Å²) in [6, 6.07) is 11.5. The summed E-state index contributed by atoms with van der Waals surface area (Å²) in [6.45, 7) is 3.91. The molecule has 0 bridgehead atoms. The normalized spacial score (nSPS) is 18.6. The molecule has 2 aromatic rings.